The molecular weight excluding hydrogens is 444 g/mol. The van der Waals surface area contributed by atoms with Gasteiger partial charge in [-0.25, -0.2) is 13.4 Å². The van der Waals surface area contributed by atoms with Gasteiger partial charge in [0.1, 0.15) is 23.1 Å². The Morgan fingerprint density at radius 2 is 1.72 bits per heavy atom. The molecule has 1 aromatic heterocycles. The van der Waals surface area contributed by atoms with Gasteiger partial charge >= 0.3 is 0 Å². The van der Waals surface area contributed by atoms with Gasteiger partial charge in [0.15, 0.2) is 0 Å². The summed E-state index contributed by atoms with van der Waals surface area (Å²) in [6.07, 6.45) is 0.697. The average molecular weight is 475 g/mol. The minimum absolute atomic E-state index is 0.168. The lowest BCUT2D eigenvalue weighted by Crippen LogP contribution is -2.37. The van der Waals surface area contributed by atoms with E-state index in [0.29, 0.717) is 24.5 Å². The van der Waals surface area contributed by atoms with E-state index in [1.807, 2.05) is 45.2 Å². The van der Waals surface area contributed by atoms with Crippen LogP contribution in [0.3, 0.4) is 0 Å². The third-order valence-electron chi connectivity index (χ3n) is 5.22. The fourth-order valence-electron chi connectivity index (χ4n) is 3.37. The first-order valence-electron chi connectivity index (χ1n) is 10.5. The number of hydrogen-bond acceptors (Lipinski definition) is 6. The lowest BCUT2D eigenvalue weighted by molar-refractivity contribution is 0.302. The van der Waals surface area contributed by atoms with E-state index in [-0.39, 0.29) is 17.5 Å². The van der Waals surface area contributed by atoms with Crippen LogP contribution in [0.25, 0.3) is 0 Å². The molecule has 0 fully saturated rings. The minimum Gasteiger partial charge on any atom is -0.497 e. The van der Waals surface area contributed by atoms with Crippen LogP contribution >= 0.6 is 11.3 Å². The topological polar surface area (TPSA) is 68.7 Å². The second kappa shape index (κ2) is 10.5. The normalized spacial score (nSPS) is 12.7. The fourth-order valence-corrected chi connectivity index (χ4v) is 5.75. The Balaban J connectivity index is 1.75. The number of methoxy groups -OCH3 is 1. The van der Waals surface area contributed by atoms with Crippen molar-refractivity contribution in [3.63, 3.8) is 0 Å². The van der Waals surface area contributed by atoms with Crippen LogP contribution in [-0.4, -0.2) is 30.9 Å². The van der Waals surface area contributed by atoms with Crippen molar-refractivity contribution in [2.45, 2.75) is 58.2 Å². The zero-order valence-corrected chi connectivity index (χ0v) is 20.8. The molecule has 3 rings (SSSR count). The van der Waals surface area contributed by atoms with Gasteiger partial charge < -0.3 is 9.47 Å². The molecule has 0 aliphatic carbocycles. The monoisotopic (exact) mass is 474 g/mol. The molecule has 172 valence electrons. The van der Waals surface area contributed by atoms with Gasteiger partial charge in [-0.05, 0) is 74.7 Å². The highest BCUT2D eigenvalue weighted by Gasteiger charge is 2.29. The third-order valence-corrected chi connectivity index (χ3v) is 8.07. The van der Waals surface area contributed by atoms with E-state index >= 15 is 0 Å². The number of rotatable bonds is 10. The molecule has 1 atom stereocenters. The molecule has 8 heteroatoms. The average Bonchev–Trinajstić information content (AvgIpc) is 3.22. The van der Waals surface area contributed by atoms with Gasteiger partial charge in [-0.2, -0.15) is 4.31 Å². The van der Waals surface area contributed by atoms with Crippen molar-refractivity contribution in [3.05, 3.63) is 69.7 Å². The van der Waals surface area contributed by atoms with E-state index in [0.717, 1.165) is 21.9 Å². The van der Waals surface area contributed by atoms with Crippen LogP contribution in [0.1, 0.15) is 42.1 Å². The largest absolute Gasteiger partial charge is 0.497 e. The molecule has 3 aromatic rings. The molecule has 32 heavy (non-hydrogen) atoms. The van der Waals surface area contributed by atoms with Gasteiger partial charge in [-0.3, -0.25) is 0 Å². The van der Waals surface area contributed by atoms with Crippen molar-refractivity contribution in [2.75, 3.05) is 7.11 Å². The van der Waals surface area contributed by atoms with Gasteiger partial charge in [-0.1, -0.05) is 13.0 Å². The fraction of sp³-hybridized carbons (Fsp3) is 0.375. The quantitative estimate of drug-likeness (QED) is 0.397. The highest BCUT2D eigenvalue weighted by molar-refractivity contribution is 7.89. The highest BCUT2D eigenvalue weighted by atomic mass is 32.2. The van der Waals surface area contributed by atoms with Crippen LogP contribution in [0, 0.1) is 13.8 Å². The minimum atomic E-state index is -3.68. The van der Waals surface area contributed by atoms with E-state index in [9.17, 15) is 8.42 Å². The van der Waals surface area contributed by atoms with Crippen molar-refractivity contribution >= 4 is 21.4 Å². The molecule has 0 spiro atoms. The number of ether oxygens (including phenoxy) is 2. The van der Waals surface area contributed by atoms with Crippen molar-refractivity contribution < 1.29 is 17.9 Å². The van der Waals surface area contributed by atoms with Crippen LogP contribution in [-0.2, 0) is 23.2 Å². The molecular formula is C24H30N2O4S2. The summed E-state index contributed by atoms with van der Waals surface area (Å²) in [6.45, 7) is 8.52. The predicted molar refractivity (Wildman–Crippen MR) is 128 cm³/mol. The van der Waals surface area contributed by atoms with Crippen molar-refractivity contribution in [2.24, 2.45) is 0 Å². The number of sulfonamides is 1. The summed E-state index contributed by atoms with van der Waals surface area (Å²) in [6, 6.07) is 12.4. The van der Waals surface area contributed by atoms with Gasteiger partial charge in [0.05, 0.1) is 24.2 Å². The summed E-state index contributed by atoms with van der Waals surface area (Å²) in [5, 5.41) is 2.71. The zero-order valence-electron chi connectivity index (χ0n) is 19.2. The van der Waals surface area contributed by atoms with Crippen LogP contribution < -0.4 is 9.47 Å². The number of benzene rings is 2. The van der Waals surface area contributed by atoms with Crippen molar-refractivity contribution in [3.8, 4) is 11.5 Å². The number of thiazole rings is 1. The van der Waals surface area contributed by atoms with E-state index in [4.69, 9.17) is 9.47 Å². The first-order valence-corrected chi connectivity index (χ1v) is 12.8. The SMILES string of the molecule is CC[C@@H](C)N(Cc1csc(COc2cc(C)cc(C)c2)n1)S(=O)(=O)c1ccc(OC)cc1. The molecule has 6 nitrogen and oxygen atoms in total. The summed E-state index contributed by atoms with van der Waals surface area (Å²) in [7, 11) is -2.13. The number of aromatic nitrogens is 1. The molecule has 0 aliphatic rings. The van der Waals surface area contributed by atoms with Crippen LogP contribution in [0.15, 0.2) is 52.7 Å². The lowest BCUT2D eigenvalue weighted by atomic mass is 10.1. The van der Waals surface area contributed by atoms with Gasteiger partial charge in [0.2, 0.25) is 10.0 Å². The van der Waals surface area contributed by atoms with E-state index < -0.39 is 10.0 Å². The molecule has 0 amide bonds. The lowest BCUT2D eigenvalue weighted by Gasteiger charge is -2.27. The second-order valence-corrected chi connectivity index (χ2v) is 10.7. The molecule has 1 heterocycles. The van der Waals surface area contributed by atoms with E-state index in [1.165, 1.54) is 15.6 Å². The zero-order chi connectivity index (χ0) is 23.3. The van der Waals surface area contributed by atoms with Crippen LogP contribution in [0.4, 0.5) is 0 Å². The summed E-state index contributed by atoms with van der Waals surface area (Å²) in [4.78, 5) is 4.87. The molecule has 0 unspecified atom stereocenters. The molecule has 0 aliphatic heterocycles. The standard InChI is InChI=1S/C24H30N2O4S2/c1-6-19(4)26(32(27,28)23-9-7-21(29-5)8-10-23)14-20-16-31-24(25-20)15-30-22-12-17(2)11-18(3)13-22/h7-13,16,19H,6,14-15H2,1-5H3/t19-/m1/s1. The van der Waals surface area contributed by atoms with Crippen molar-refractivity contribution in [1.29, 1.82) is 0 Å². The highest BCUT2D eigenvalue weighted by Crippen LogP contribution is 2.25. The molecule has 0 radical (unpaired) electrons. The van der Waals surface area contributed by atoms with Crippen LogP contribution in [0.2, 0.25) is 0 Å². The Bertz CT molecular complexity index is 1120. The van der Waals surface area contributed by atoms with Crippen LogP contribution in [0.5, 0.6) is 11.5 Å². The Kier molecular flexibility index (Phi) is 7.92. The third kappa shape index (κ3) is 5.88. The summed E-state index contributed by atoms with van der Waals surface area (Å²) >= 11 is 1.48. The summed E-state index contributed by atoms with van der Waals surface area (Å²) in [5.74, 6) is 1.43. The Labute approximate surface area is 194 Å². The Hall–Kier alpha value is -2.42. The maximum atomic E-state index is 13.4. The van der Waals surface area contributed by atoms with Gasteiger partial charge in [-0.15, -0.1) is 11.3 Å². The molecule has 2 aromatic carbocycles. The molecule has 0 bridgehead atoms. The smallest absolute Gasteiger partial charge is 0.243 e. The van der Waals surface area contributed by atoms with Crippen molar-refractivity contribution in [1.82, 2.24) is 9.29 Å². The first-order chi connectivity index (χ1) is 15.2. The second-order valence-electron chi connectivity index (χ2n) is 7.83. The number of aryl methyl sites for hydroxylation is 2. The summed E-state index contributed by atoms with van der Waals surface area (Å²) in [5.41, 5.74) is 3.01. The predicted octanol–water partition coefficient (Wildman–Crippen LogP) is 5.34. The first kappa shape index (κ1) is 24.2. The Morgan fingerprint density at radius 1 is 1.06 bits per heavy atom. The van der Waals surface area contributed by atoms with Gasteiger partial charge in [0, 0.05) is 11.4 Å². The van der Waals surface area contributed by atoms with E-state index in [2.05, 4.69) is 11.1 Å². The van der Waals surface area contributed by atoms with Gasteiger partial charge in [0.25, 0.3) is 0 Å². The molecule has 0 N–H and O–H groups in total. The molecule has 0 saturated heterocycles. The Morgan fingerprint density at radius 3 is 2.31 bits per heavy atom. The van der Waals surface area contributed by atoms with E-state index in [1.54, 1.807) is 31.4 Å². The summed E-state index contributed by atoms with van der Waals surface area (Å²) < 4.78 is 39.3. The number of nitrogens with zero attached hydrogens (tertiary/aromatic N) is 2. The molecule has 0 saturated carbocycles. The maximum Gasteiger partial charge on any atom is 0.243 e. The number of hydrogen-bond donors (Lipinski definition) is 0. The maximum absolute atomic E-state index is 13.4.